The lowest BCUT2D eigenvalue weighted by Gasteiger charge is -2.28. The van der Waals surface area contributed by atoms with Crippen LogP contribution in [-0.2, 0) is 0 Å². The first-order valence-corrected chi connectivity index (χ1v) is 9.36. The summed E-state index contributed by atoms with van der Waals surface area (Å²) in [6, 6.07) is 11.7. The minimum atomic E-state index is 0.590. The smallest absolute Gasteiger partial charge is 0.213 e. The Morgan fingerprint density at radius 1 is 1.19 bits per heavy atom. The molecule has 0 saturated heterocycles. The topological polar surface area (TPSA) is 49.1 Å². The average molecular weight is 345 g/mol. The van der Waals surface area contributed by atoms with Crippen LogP contribution in [0.5, 0.6) is 5.88 Å². The molecule has 0 amide bonds. The first-order valence-electron chi connectivity index (χ1n) is 9.36. The molecule has 1 aromatic heterocycles. The first-order chi connectivity index (χ1) is 12.8. The second-order valence-corrected chi connectivity index (χ2v) is 6.96. The standard InChI is InChI=1S/C22H23N3O/c23-15-19-7-4-6-18-9-10-21(24-22(18)19)26-14-2-1-12-25-13-11-17-5-3-8-20(17)16-25/h3-4,6-10H,1-2,5,11-14,16H2. The number of pyridine rings is 1. The fourth-order valence-electron chi connectivity index (χ4n) is 3.74. The molecule has 0 bridgehead atoms. The molecule has 0 fully saturated rings. The van der Waals surface area contributed by atoms with Crippen LogP contribution in [0.15, 0.2) is 53.6 Å². The van der Waals surface area contributed by atoms with Gasteiger partial charge >= 0.3 is 0 Å². The molecule has 0 unspecified atom stereocenters. The summed E-state index contributed by atoms with van der Waals surface area (Å²) < 4.78 is 5.81. The number of ether oxygens (including phenoxy) is 1. The number of rotatable bonds is 6. The van der Waals surface area contributed by atoms with Gasteiger partial charge in [-0.05, 0) is 49.9 Å². The van der Waals surface area contributed by atoms with E-state index < -0.39 is 0 Å². The van der Waals surface area contributed by atoms with Crippen molar-refractivity contribution in [3.05, 3.63) is 59.2 Å². The van der Waals surface area contributed by atoms with Crippen LogP contribution < -0.4 is 4.74 Å². The molecule has 1 aliphatic carbocycles. The molecule has 4 rings (SSSR count). The summed E-state index contributed by atoms with van der Waals surface area (Å²) >= 11 is 0. The maximum Gasteiger partial charge on any atom is 0.213 e. The molecule has 1 aromatic carbocycles. The average Bonchev–Trinajstić information content (AvgIpc) is 3.15. The van der Waals surface area contributed by atoms with Gasteiger partial charge in [-0.15, -0.1) is 0 Å². The molecule has 0 spiro atoms. The van der Waals surface area contributed by atoms with Crippen molar-refractivity contribution in [2.75, 3.05) is 26.2 Å². The van der Waals surface area contributed by atoms with E-state index >= 15 is 0 Å². The van der Waals surface area contributed by atoms with E-state index in [1.54, 1.807) is 17.2 Å². The Hall–Kier alpha value is -2.64. The number of nitrogens with zero attached hydrogens (tertiary/aromatic N) is 3. The molecule has 0 N–H and O–H groups in total. The van der Waals surface area contributed by atoms with Gasteiger partial charge in [-0.3, -0.25) is 4.90 Å². The van der Waals surface area contributed by atoms with Crippen LogP contribution in [0, 0.1) is 11.3 Å². The van der Waals surface area contributed by atoms with Crippen molar-refractivity contribution < 1.29 is 4.74 Å². The summed E-state index contributed by atoms with van der Waals surface area (Å²) in [5.41, 5.74) is 4.49. The van der Waals surface area contributed by atoms with E-state index in [9.17, 15) is 5.26 Å². The molecular weight excluding hydrogens is 322 g/mol. The van der Waals surface area contributed by atoms with Crippen molar-refractivity contribution in [2.45, 2.75) is 25.7 Å². The molecule has 2 heterocycles. The number of hydrogen-bond donors (Lipinski definition) is 0. The number of fused-ring (bicyclic) bond motifs is 1. The molecule has 0 radical (unpaired) electrons. The van der Waals surface area contributed by atoms with E-state index in [1.165, 1.54) is 19.4 Å². The fraction of sp³-hybridized carbons (Fsp3) is 0.364. The Morgan fingerprint density at radius 2 is 2.15 bits per heavy atom. The van der Waals surface area contributed by atoms with Crippen LogP contribution in [0.2, 0.25) is 0 Å². The highest BCUT2D eigenvalue weighted by Gasteiger charge is 2.18. The summed E-state index contributed by atoms with van der Waals surface area (Å²) in [4.78, 5) is 7.04. The third kappa shape index (κ3) is 3.63. The fourth-order valence-corrected chi connectivity index (χ4v) is 3.74. The van der Waals surface area contributed by atoms with E-state index in [0.717, 1.165) is 36.8 Å². The number of benzene rings is 1. The molecule has 0 atom stereocenters. The molecule has 1 aliphatic heterocycles. The normalized spacial score (nSPS) is 16.7. The van der Waals surface area contributed by atoms with Crippen molar-refractivity contribution in [1.29, 1.82) is 5.26 Å². The van der Waals surface area contributed by atoms with Gasteiger partial charge in [-0.25, -0.2) is 4.98 Å². The number of para-hydroxylation sites is 1. The van der Waals surface area contributed by atoms with Gasteiger partial charge in [0.05, 0.1) is 17.7 Å². The highest BCUT2D eigenvalue weighted by atomic mass is 16.5. The van der Waals surface area contributed by atoms with Crippen LogP contribution in [0.3, 0.4) is 0 Å². The second kappa shape index (κ2) is 7.72. The number of aromatic nitrogens is 1. The van der Waals surface area contributed by atoms with E-state index in [2.05, 4.69) is 28.1 Å². The lowest BCUT2D eigenvalue weighted by molar-refractivity contribution is 0.255. The van der Waals surface area contributed by atoms with Gasteiger partial charge in [0.2, 0.25) is 5.88 Å². The number of nitriles is 1. The maximum atomic E-state index is 9.21. The molecule has 4 heteroatoms. The molecule has 2 aromatic rings. The highest BCUT2D eigenvalue weighted by molar-refractivity contribution is 5.84. The molecule has 0 saturated carbocycles. The summed E-state index contributed by atoms with van der Waals surface area (Å²) in [6.45, 7) is 4.08. The minimum absolute atomic E-state index is 0.590. The number of hydrogen-bond acceptors (Lipinski definition) is 4. The largest absolute Gasteiger partial charge is 0.478 e. The lowest BCUT2D eigenvalue weighted by Crippen LogP contribution is -2.31. The monoisotopic (exact) mass is 345 g/mol. The van der Waals surface area contributed by atoms with Gasteiger partial charge < -0.3 is 4.74 Å². The minimum Gasteiger partial charge on any atom is -0.478 e. The van der Waals surface area contributed by atoms with Crippen LogP contribution >= 0.6 is 0 Å². The maximum absolute atomic E-state index is 9.21. The zero-order chi connectivity index (χ0) is 17.8. The van der Waals surface area contributed by atoms with E-state index in [4.69, 9.17) is 4.74 Å². The van der Waals surface area contributed by atoms with E-state index in [0.29, 0.717) is 18.1 Å². The van der Waals surface area contributed by atoms with Crippen LogP contribution in [0.4, 0.5) is 0 Å². The predicted molar refractivity (Wildman–Crippen MR) is 103 cm³/mol. The molecular formula is C22H23N3O. The zero-order valence-corrected chi connectivity index (χ0v) is 14.9. The SMILES string of the molecule is N#Cc1cccc2ccc(OCCCCN3CCC4=C(C=CC4)C3)nc12. The third-order valence-corrected chi connectivity index (χ3v) is 5.19. The summed E-state index contributed by atoms with van der Waals surface area (Å²) in [6.07, 6.45) is 9.12. The molecule has 4 nitrogen and oxygen atoms in total. The third-order valence-electron chi connectivity index (χ3n) is 5.19. The van der Waals surface area contributed by atoms with Crippen LogP contribution in [0.25, 0.3) is 10.9 Å². The molecule has 26 heavy (non-hydrogen) atoms. The Morgan fingerprint density at radius 3 is 3.08 bits per heavy atom. The molecule has 2 aliphatic rings. The van der Waals surface area contributed by atoms with Crippen LogP contribution in [-0.4, -0.2) is 36.1 Å². The Bertz CT molecular complexity index is 907. The summed E-state index contributed by atoms with van der Waals surface area (Å²) in [5, 5.41) is 10.2. The summed E-state index contributed by atoms with van der Waals surface area (Å²) in [7, 11) is 0. The van der Waals surface area contributed by atoms with Crippen LogP contribution in [0.1, 0.15) is 31.2 Å². The Kier molecular flexibility index (Phi) is 4.99. The zero-order valence-electron chi connectivity index (χ0n) is 14.9. The van der Waals surface area contributed by atoms with Crippen molar-refractivity contribution in [3.63, 3.8) is 0 Å². The number of unbranched alkanes of at least 4 members (excludes halogenated alkanes) is 1. The van der Waals surface area contributed by atoms with Crippen molar-refractivity contribution in [2.24, 2.45) is 0 Å². The Labute approximate surface area is 154 Å². The van der Waals surface area contributed by atoms with Gasteiger partial charge in [0.1, 0.15) is 6.07 Å². The van der Waals surface area contributed by atoms with Crippen molar-refractivity contribution in [3.8, 4) is 11.9 Å². The van der Waals surface area contributed by atoms with Crippen molar-refractivity contribution >= 4 is 10.9 Å². The van der Waals surface area contributed by atoms with Gasteiger partial charge in [-0.2, -0.15) is 5.26 Å². The predicted octanol–water partition coefficient (Wildman–Crippen LogP) is 4.23. The first kappa shape index (κ1) is 16.8. The quantitative estimate of drug-likeness (QED) is 0.735. The van der Waals surface area contributed by atoms with Gasteiger partial charge in [0.15, 0.2) is 0 Å². The molecule has 132 valence electrons. The van der Waals surface area contributed by atoms with E-state index in [-0.39, 0.29) is 0 Å². The summed E-state index contributed by atoms with van der Waals surface area (Å²) in [5.74, 6) is 0.601. The van der Waals surface area contributed by atoms with Crippen molar-refractivity contribution in [1.82, 2.24) is 9.88 Å². The van der Waals surface area contributed by atoms with Gasteiger partial charge in [0, 0.05) is 24.5 Å². The second-order valence-electron chi connectivity index (χ2n) is 6.96. The highest BCUT2D eigenvalue weighted by Crippen LogP contribution is 2.27. The van der Waals surface area contributed by atoms with E-state index in [1.807, 2.05) is 24.3 Å². The Balaban J connectivity index is 1.24. The van der Waals surface area contributed by atoms with Gasteiger partial charge in [-0.1, -0.05) is 29.9 Å². The number of allylic oxidation sites excluding steroid dienone is 1. The van der Waals surface area contributed by atoms with Gasteiger partial charge in [0.25, 0.3) is 0 Å². The lowest BCUT2D eigenvalue weighted by atomic mass is 10.0.